The van der Waals surface area contributed by atoms with Gasteiger partial charge in [0, 0.05) is 12.7 Å². The monoisotopic (exact) mass is 286 g/mol. The van der Waals surface area contributed by atoms with Gasteiger partial charge in [0.2, 0.25) is 0 Å². The quantitative estimate of drug-likeness (QED) is 0.784. The fraction of sp³-hybridized carbons (Fsp3) is 0.333. The van der Waals surface area contributed by atoms with Gasteiger partial charge in [0.05, 0.1) is 22.5 Å². The summed E-state index contributed by atoms with van der Waals surface area (Å²) < 4.78 is 3.48. The van der Waals surface area contributed by atoms with Gasteiger partial charge in [-0.25, -0.2) is 9.97 Å². The molecule has 1 aromatic carbocycles. The van der Waals surface area contributed by atoms with Crippen molar-refractivity contribution in [2.75, 3.05) is 6.54 Å². The highest BCUT2D eigenvalue weighted by atomic mass is 32.1. The van der Waals surface area contributed by atoms with Gasteiger partial charge in [-0.05, 0) is 25.6 Å². The second-order valence-corrected chi connectivity index (χ2v) is 5.85. The number of thiazole rings is 1. The zero-order valence-electron chi connectivity index (χ0n) is 11.8. The van der Waals surface area contributed by atoms with E-state index in [-0.39, 0.29) is 0 Å². The van der Waals surface area contributed by atoms with Crippen LogP contribution in [0.4, 0.5) is 0 Å². The van der Waals surface area contributed by atoms with Crippen molar-refractivity contribution in [2.24, 2.45) is 0 Å². The van der Waals surface area contributed by atoms with Crippen LogP contribution in [0.15, 0.2) is 30.5 Å². The van der Waals surface area contributed by atoms with Gasteiger partial charge < -0.3 is 9.88 Å². The third-order valence-corrected chi connectivity index (χ3v) is 4.35. The number of nitrogens with zero attached hydrogens (tertiary/aromatic N) is 3. The molecule has 0 spiro atoms. The van der Waals surface area contributed by atoms with E-state index >= 15 is 0 Å². The maximum atomic E-state index is 4.70. The van der Waals surface area contributed by atoms with E-state index in [0.717, 1.165) is 36.0 Å². The Labute approximate surface area is 122 Å². The maximum Gasteiger partial charge on any atom is 0.114 e. The molecule has 0 bridgehead atoms. The molecule has 0 fully saturated rings. The van der Waals surface area contributed by atoms with Crippen molar-refractivity contribution in [3.05, 3.63) is 47.0 Å². The lowest BCUT2D eigenvalue weighted by molar-refractivity contribution is 0.645. The van der Waals surface area contributed by atoms with Gasteiger partial charge in [-0.2, -0.15) is 0 Å². The third kappa shape index (κ3) is 2.59. The molecule has 0 unspecified atom stereocenters. The smallest absolute Gasteiger partial charge is 0.114 e. The van der Waals surface area contributed by atoms with Crippen LogP contribution in [0, 0.1) is 6.92 Å². The highest BCUT2D eigenvalue weighted by Crippen LogP contribution is 2.23. The summed E-state index contributed by atoms with van der Waals surface area (Å²) >= 11 is 1.76. The Hall–Kier alpha value is -1.72. The number of hydrogen-bond acceptors (Lipinski definition) is 4. The largest absolute Gasteiger partial charge is 0.324 e. The maximum absolute atomic E-state index is 4.70. The molecule has 2 aromatic heterocycles. The Morgan fingerprint density at radius 1 is 1.30 bits per heavy atom. The van der Waals surface area contributed by atoms with Crippen molar-refractivity contribution in [1.82, 2.24) is 19.9 Å². The van der Waals surface area contributed by atoms with Gasteiger partial charge in [0.25, 0.3) is 0 Å². The van der Waals surface area contributed by atoms with E-state index in [0.29, 0.717) is 0 Å². The molecule has 20 heavy (non-hydrogen) atoms. The molecule has 4 nitrogen and oxygen atoms in total. The Morgan fingerprint density at radius 3 is 2.95 bits per heavy atom. The van der Waals surface area contributed by atoms with E-state index in [2.05, 4.69) is 40.0 Å². The lowest BCUT2D eigenvalue weighted by Crippen LogP contribution is -2.16. The molecule has 1 N–H and O–H groups in total. The number of hydrogen-bond donors (Lipinski definition) is 1. The zero-order valence-corrected chi connectivity index (χ0v) is 12.6. The van der Waals surface area contributed by atoms with Gasteiger partial charge in [-0.3, -0.25) is 0 Å². The number of aryl methyl sites for hydroxylation is 1. The summed E-state index contributed by atoms with van der Waals surface area (Å²) in [7, 11) is 0. The van der Waals surface area contributed by atoms with Gasteiger partial charge in [0.1, 0.15) is 10.8 Å². The van der Waals surface area contributed by atoms with Gasteiger partial charge >= 0.3 is 0 Å². The standard InChI is InChI=1S/C15H18N4S/c1-3-16-8-12-9-17-11(2)19(12)10-15-18-13-6-4-5-7-14(13)20-15/h4-7,9,16H,3,8,10H2,1-2H3. The minimum Gasteiger partial charge on any atom is -0.324 e. The minimum atomic E-state index is 0.798. The Balaban J connectivity index is 1.88. The molecule has 0 aliphatic carbocycles. The number of imidazole rings is 1. The van der Waals surface area contributed by atoms with Crippen molar-refractivity contribution in [3.8, 4) is 0 Å². The van der Waals surface area contributed by atoms with E-state index in [4.69, 9.17) is 4.98 Å². The molecular formula is C15H18N4S. The van der Waals surface area contributed by atoms with Crippen LogP contribution < -0.4 is 5.32 Å². The number of aromatic nitrogens is 3. The van der Waals surface area contributed by atoms with Crippen LogP contribution in [0.1, 0.15) is 23.4 Å². The Morgan fingerprint density at radius 2 is 2.15 bits per heavy atom. The fourth-order valence-electron chi connectivity index (χ4n) is 2.25. The second kappa shape index (κ2) is 5.73. The van der Waals surface area contributed by atoms with Crippen LogP contribution in [0.25, 0.3) is 10.2 Å². The first kappa shape index (κ1) is 13.3. The third-order valence-electron chi connectivity index (χ3n) is 3.33. The summed E-state index contributed by atoms with van der Waals surface area (Å²) in [5.74, 6) is 1.04. The number of nitrogens with one attached hydrogen (secondary N) is 1. The summed E-state index contributed by atoms with van der Waals surface area (Å²) in [5, 5.41) is 4.48. The summed E-state index contributed by atoms with van der Waals surface area (Å²) in [6.07, 6.45) is 1.95. The van der Waals surface area contributed by atoms with Crippen LogP contribution in [-0.2, 0) is 13.1 Å². The van der Waals surface area contributed by atoms with Crippen molar-refractivity contribution in [1.29, 1.82) is 0 Å². The first-order valence-corrected chi connectivity index (χ1v) is 7.65. The highest BCUT2D eigenvalue weighted by molar-refractivity contribution is 7.18. The molecule has 5 heteroatoms. The summed E-state index contributed by atoms with van der Waals surface area (Å²) in [4.78, 5) is 9.12. The molecule has 0 radical (unpaired) electrons. The minimum absolute atomic E-state index is 0.798. The highest BCUT2D eigenvalue weighted by Gasteiger charge is 2.10. The number of fused-ring (bicyclic) bond motifs is 1. The lowest BCUT2D eigenvalue weighted by Gasteiger charge is -2.08. The summed E-state index contributed by atoms with van der Waals surface area (Å²) in [6.45, 7) is 6.77. The Kier molecular flexibility index (Phi) is 3.80. The van der Waals surface area contributed by atoms with Crippen molar-refractivity contribution in [3.63, 3.8) is 0 Å². The van der Waals surface area contributed by atoms with E-state index in [1.165, 1.54) is 10.4 Å². The summed E-state index contributed by atoms with van der Waals surface area (Å²) in [5.41, 5.74) is 2.29. The van der Waals surface area contributed by atoms with Crippen LogP contribution in [0.5, 0.6) is 0 Å². The van der Waals surface area contributed by atoms with E-state index in [1.807, 2.05) is 19.2 Å². The van der Waals surface area contributed by atoms with Gasteiger partial charge in [-0.1, -0.05) is 19.1 Å². The SMILES string of the molecule is CCNCc1cnc(C)n1Cc1nc2ccccc2s1. The van der Waals surface area contributed by atoms with Crippen LogP contribution >= 0.6 is 11.3 Å². The van der Waals surface area contributed by atoms with Crippen molar-refractivity contribution < 1.29 is 0 Å². The zero-order chi connectivity index (χ0) is 13.9. The van der Waals surface area contributed by atoms with Crippen LogP contribution in [0.2, 0.25) is 0 Å². The topological polar surface area (TPSA) is 42.7 Å². The Bertz CT molecular complexity index is 681. The van der Waals surface area contributed by atoms with Gasteiger partial charge in [-0.15, -0.1) is 11.3 Å². The van der Waals surface area contributed by atoms with E-state index in [1.54, 1.807) is 11.3 Å². The predicted octanol–water partition coefficient (Wildman–Crippen LogP) is 2.96. The van der Waals surface area contributed by atoms with Crippen LogP contribution in [0.3, 0.4) is 0 Å². The molecule has 3 aromatic rings. The molecule has 0 aliphatic rings. The number of benzene rings is 1. The first-order chi connectivity index (χ1) is 9.78. The second-order valence-electron chi connectivity index (χ2n) is 4.74. The first-order valence-electron chi connectivity index (χ1n) is 6.84. The average Bonchev–Trinajstić information content (AvgIpc) is 3.01. The number of para-hydroxylation sites is 1. The molecule has 0 aliphatic heterocycles. The van der Waals surface area contributed by atoms with E-state index < -0.39 is 0 Å². The molecule has 0 saturated carbocycles. The average molecular weight is 286 g/mol. The van der Waals surface area contributed by atoms with Crippen LogP contribution in [-0.4, -0.2) is 21.1 Å². The fourth-order valence-corrected chi connectivity index (χ4v) is 3.20. The molecule has 104 valence electrons. The molecule has 2 heterocycles. The van der Waals surface area contributed by atoms with E-state index in [9.17, 15) is 0 Å². The molecule has 0 saturated heterocycles. The van der Waals surface area contributed by atoms with Crippen molar-refractivity contribution >= 4 is 21.6 Å². The molecule has 0 atom stereocenters. The number of rotatable bonds is 5. The van der Waals surface area contributed by atoms with Crippen molar-refractivity contribution in [2.45, 2.75) is 26.9 Å². The molecular weight excluding hydrogens is 268 g/mol. The normalized spacial score (nSPS) is 11.3. The molecule has 3 rings (SSSR count). The summed E-state index contributed by atoms with van der Waals surface area (Å²) in [6, 6.07) is 8.28. The van der Waals surface area contributed by atoms with Gasteiger partial charge in [0.15, 0.2) is 0 Å². The predicted molar refractivity (Wildman–Crippen MR) is 83.1 cm³/mol. The lowest BCUT2D eigenvalue weighted by atomic mass is 10.3. The molecule has 0 amide bonds.